The molecule has 0 bridgehead atoms. The Labute approximate surface area is 102 Å². The molecule has 0 rings (SSSR count). The van der Waals surface area contributed by atoms with E-state index >= 15 is 0 Å². The minimum Gasteiger partial charge on any atom is -0.386 e. The number of rotatable bonds is 8. The highest BCUT2D eigenvalue weighted by Gasteiger charge is 2.16. The lowest BCUT2D eigenvalue weighted by molar-refractivity contribution is -0.488. The number of carbonyl (C=O) groups is 1. The Morgan fingerprint density at radius 3 is 2.41 bits per heavy atom. The molecule has 1 N–H and O–H groups in total. The maximum Gasteiger partial charge on any atom is 0.207 e. The number of carbonyl (C=O) groups excluding carboxylic acids is 1. The number of ketones is 1. The van der Waals surface area contributed by atoms with Crippen LogP contribution < -0.4 is 5.32 Å². The molecule has 1 unspecified atom stereocenters. The Balaban J connectivity index is 4.59. The van der Waals surface area contributed by atoms with Crippen LogP contribution >= 0.6 is 0 Å². The van der Waals surface area contributed by atoms with Crippen molar-refractivity contribution in [1.82, 2.24) is 5.32 Å². The zero-order chi connectivity index (χ0) is 13.4. The quantitative estimate of drug-likeness (QED) is 0.402. The smallest absolute Gasteiger partial charge is 0.207 e. The molecule has 0 aliphatic carbocycles. The van der Waals surface area contributed by atoms with Gasteiger partial charge in [-0.15, -0.1) is 0 Å². The van der Waals surface area contributed by atoms with Gasteiger partial charge in [0.25, 0.3) is 0 Å². The number of nitro groups is 1. The Kier molecular flexibility index (Phi) is 7.18. The van der Waals surface area contributed by atoms with Crippen LogP contribution in [-0.4, -0.2) is 23.3 Å². The van der Waals surface area contributed by atoms with Crippen LogP contribution in [0.5, 0.6) is 0 Å². The summed E-state index contributed by atoms with van der Waals surface area (Å²) in [5.74, 6) is -0.0639. The minimum absolute atomic E-state index is 0.0261. The monoisotopic (exact) mass is 242 g/mol. The number of hydrogen-bond acceptors (Lipinski definition) is 4. The Hall–Kier alpha value is -1.39. The van der Waals surface area contributed by atoms with Gasteiger partial charge in [0, 0.05) is 22.6 Å². The molecule has 1 atom stereocenters. The molecular formula is C12H22N2O3. The molecule has 5 heteroatoms. The topological polar surface area (TPSA) is 72.2 Å². The van der Waals surface area contributed by atoms with Crippen molar-refractivity contribution in [1.29, 1.82) is 0 Å². The summed E-state index contributed by atoms with van der Waals surface area (Å²) in [5, 5.41) is 13.7. The van der Waals surface area contributed by atoms with E-state index in [4.69, 9.17) is 0 Å². The third-order valence-electron chi connectivity index (χ3n) is 2.34. The van der Waals surface area contributed by atoms with E-state index in [9.17, 15) is 14.9 Å². The van der Waals surface area contributed by atoms with E-state index in [-0.39, 0.29) is 29.2 Å². The van der Waals surface area contributed by atoms with Gasteiger partial charge in [-0.25, -0.2) is 0 Å². The van der Waals surface area contributed by atoms with Crippen molar-refractivity contribution in [3.63, 3.8) is 0 Å². The van der Waals surface area contributed by atoms with Crippen molar-refractivity contribution >= 4 is 5.78 Å². The maximum atomic E-state index is 11.1. The molecule has 0 heterocycles. The lowest BCUT2D eigenvalue weighted by Gasteiger charge is -2.17. The predicted octanol–water partition coefficient (Wildman–Crippen LogP) is 2.15. The molecule has 0 aromatic carbocycles. The third-order valence-corrected chi connectivity index (χ3v) is 2.34. The van der Waals surface area contributed by atoms with Crippen LogP contribution in [0.2, 0.25) is 0 Å². The van der Waals surface area contributed by atoms with Crippen molar-refractivity contribution < 1.29 is 9.72 Å². The molecule has 0 radical (unpaired) electrons. The number of hydrogen-bond donors (Lipinski definition) is 1. The molecule has 0 aliphatic heterocycles. The van der Waals surface area contributed by atoms with Gasteiger partial charge in [0.15, 0.2) is 5.78 Å². The molecule has 0 saturated carbocycles. The van der Waals surface area contributed by atoms with Gasteiger partial charge in [-0.1, -0.05) is 6.92 Å². The Bertz CT molecular complexity index is 298. The summed E-state index contributed by atoms with van der Waals surface area (Å²) in [6, 6.07) is 0.216. The predicted molar refractivity (Wildman–Crippen MR) is 67.3 cm³/mol. The molecule has 0 aromatic heterocycles. The zero-order valence-electron chi connectivity index (χ0n) is 11.0. The Morgan fingerprint density at radius 2 is 2.06 bits per heavy atom. The SMILES string of the molecule is CCC(C/C(=C/C(C)=O)NC(C)C)C[N+](=O)[O-]. The lowest BCUT2D eigenvalue weighted by atomic mass is 9.99. The second-order valence-corrected chi connectivity index (χ2v) is 4.57. The fourth-order valence-corrected chi connectivity index (χ4v) is 1.64. The molecule has 98 valence electrons. The van der Waals surface area contributed by atoms with Crippen LogP contribution in [0.25, 0.3) is 0 Å². The number of nitrogens with zero attached hydrogens (tertiary/aromatic N) is 1. The van der Waals surface area contributed by atoms with E-state index < -0.39 is 0 Å². The van der Waals surface area contributed by atoms with Crippen molar-refractivity contribution in [3.05, 3.63) is 21.9 Å². The van der Waals surface area contributed by atoms with E-state index in [1.807, 2.05) is 20.8 Å². The van der Waals surface area contributed by atoms with Crippen LogP contribution in [0, 0.1) is 16.0 Å². The van der Waals surface area contributed by atoms with Crippen molar-refractivity contribution in [3.8, 4) is 0 Å². The summed E-state index contributed by atoms with van der Waals surface area (Å²) in [6.07, 6.45) is 2.81. The molecular weight excluding hydrogens is 220 g/mol. The van der Waals surface area contributed by atoms with Crippen molar-refractivity contribution in [2.75, 3.05) is 6.54 Å². The van der Waals surface area contributed by atoms with Crippen molar-refractivity contribution in [2.24, 2.45) is 5.92 Å². The van der Waals surface area contributed by atoms with Gasteiger partial charge in [0.2, 0.25) is 6.54 Å². The van der Waals surface area contributed by atoms with Crippen LogP contribution in [0.15, 0.2) is 11.8 Å². The molecule has 0 spiro atoms. The van der Waals surface area contributed by atoms with Gasteiger partial charge in [0.1, 0.15) is 0 Å². The maximum absolute atomic E-state index is 11.1. The first kappa shape index (κ1) is 15.6. The van der Waals surface area contributed by atoms with Crippen LogP contribution in [0.4, 0.5) is 0 Å². The normalized spacial score (nSPS) is 13.6. The first-order chi connectivity index (χ1) is 7.85. The third kappa shape index (κ3) is 8.42. The molecule has 17 heavy (non-hydrogen) atoms. The van der Waals surface area contributed by atoms with E-state index in [2.05, 4.69) is 5.32 Å². The van der Waals surface area contributed by atoms with Gasteiger partial charge in [-0.2, -0.15) is 0 Å². The summed E-state index contributed by atoms with van der Waals surface area (Å²) in [5.41, 5.74) is 0.793. The second kappa shape index (κ2) is 7.81. The van der Waals surface area contributed by atoms with E-state index in [0.717, 1.165) is 12.1 Å². The summed E-state index contributed by atoms with van der Waals surface area (Å²) < 4.78 is 0. The first-order valence-electron chi connectivity index (χ1n) is 5.94. The molecule has 0 amide bonds. The summed E-state index contributed by atoms with van der Waals surface area (Å²) in [7, 11) is 0. The zero-order valence-corrected chi connectivity index (χ0v) is 11.0. The highest BCUT2D eigenvalue weighted by molar-refractivity contribution is 5.87. The minimum atomic E-state index is -0.297. The first-order valence-corrected chi connectivity index (χ1v) is 5.94. The average molecular weight is 242 g/mol. The average Bonchev–Trinajstić information content (AvgIpc) is 2.13. The summed E-state index contributed by atoms with van der Waals surface area (Å²) in [6.45, 7) is 7.31. The number of nitrogens with one attached hydrogen (secondary N) is 1. The molecule has 0 saturated heterocycles. The standard InChI is InChI=1S/C12H22N2O3/c1-5-11(8-14(16)17)7-12(6-10(4)15)13-9(2)3/h6,9,11,13H,5,7-8H2,1-4H3/b12-6-. The van der Waals surface area contributed by atoms with Gasteiger partial charge in [-0.05, 0) is 39.7 Å². The van der Waals surface area contributed by atoms with Gasteiger partial charge >= 0.3 is 0 Å². The molecule has 0 aromatic rings. The summed E-state index contributed by atoms with van der Waals surface area (Å²) >= 11 is 0. The molecule has 0 aliphatic rings. The van der Waals surface area contributed by atoms with Gasteiger partial charge < -0.3 is 5.32 Å². The van der Waals surface area contributed by atoms with Crippen LogP contribution in [0.3, 0.4) is 0 Å². The van der Waals surface area contributed by atoms with Crippen LogP contribution in [-0.2, 0) is 4.79 Å². The highest BCUT2D eigenvalue weighted by Crippen LogP contribution is 2.14. The fourth-order valence-electron chi connectivity index (χ4n) is 1.64. The molecule has 5 nitrogen and oxygen atoms in total. The number of allylic oxidation sites excluding steroid dienone is 2. The molecule has 0 fully saturated rings. The van der Waals surface area contributed by atoms with E-state index in [0.29, 0.717) is 6.42 Å². The van der Waals surface area contributed by atoms with E-state index in [1.54, 1.807) is 0 Å². The second-order valence-electron chi connectivity index (χ2n) is 4.57. The van der Waals surface area contributed by atoms with Gasteiger partial charge in [0.05, 0.1) is 0 Å². The Morgan fingerprint density at radius 1 is 1.47 bits per heavy atom. The fraction of sp³-hybridized carbons (Fsp3) is 0.750. The lowest BCUT2D eigenvalue weighted by Crippen LogP contribution is -2.26. The van der Waals surface area contributed by atoms with E-state index in [1.165, 1.54) is 13.0 Å². The highest BCUT2D eigenvalue weighted by atomic mass is 16.6. The summed E-state index contributed by atoms with van der Waals surface area (Å²) in [4.78, 5) is 21.3. The van der Waals surface area contributed by atoms with Crippen molar-refractivity contribution in [2.45, 2.75) is 46.6 Å². The van der Waals surface area contributed by atoms with Crippen LogP contribution in [0.1, 0.15) is 40.5 Å². The largest absolute Gasteiger partial charge is 0.386 e. The van der Waals surface area contributed by atoms with Gasteiger partial charge in [-0.3, -0.25) is 14.9 Å².